The van der Waals surface area contributed by atoms with Crippen molar-refractivity contribution in [3.8, 4) is 0 Å². The Bertz CT molecular complexity index is 993. The van der Waals surface area contributed by atoms with Crippen LogP contribution in [-0.2, 0) is 6.54 Å². The van der Waals surface area contributed by atoms with Crippen LogP contribution in [0.3, 0.4) is 0 Å². The van der Waals surface area contributed by atoms with Crippen LogP contribution in [0.2, 0.25) is 0 Å². The minimum atomic E-state index is 0.0226. The van der Waals surface area contributed by atoms with Crippen LogP contribution in [0.15, 0.2) is 54.6 Å². The molecule has 27 heavy (non-hydrogen) atoms. The third-order valence-electron chi connectivity index (χ3n) is 4.15. The quantitative estimate of drug-likeness (QED) is 0.503. The molecule has 0 spiro atoms. The second-order valence-electron chi connectivity index (χ2n) is 6.50. The van der Waals surface area contributed by atoms with Gasteiger partial charge in [0.1, 0.15) is 0 Å². The zero-order chi connectivity index (χ0) is 19.4. The predicted molar refractivity (Wildman–Crippen MR) is 114 cm³/mol. The zero-order valence-corrected chi connectivity index (χ0v) is 16.4. The Morgan fingerprint density at radius 2 is 1.70 bits per heavy atom. The minimum Gasteiger partial charge on any atom is -0.332 e. The molecule has 0 bridgehead atoms. The molecule has 0 aliphatic carbocycles. The van der Waals surface area contributed by atoms with Gasteiger partial charge in [-0.25, -0.2) is 0 Å². The molecule has 1 aromatic heterocycles. The van der Waals surface area contributed by atoms with Gasteiger partial charge in [-0.05, 0) is 68.9 Å². The van der Waals surface area contributed by atoms with Crippen molar-refractivity contribution in [2.45, 2.75) is 27.3 Å². The summed E-state index contributed by atoms with van der Waals surface area (Å²) in [6.45, 7) is 6.29. The average Bonchev–Trinajstić information content (AvgIpc) is 2.92. The molecule has 138 valence electrons. The lowest BCUT2D eigenvalue weighted by atomic mass is 10.1. The van der Waals surface area contributed by atoms with Gasteiger partial charge in [-0.2, -0.15) is 5.10 Å². The van der Waals surface area contributed by atoms with Crippen molar-refractivity contribution >= 4 is 34.5 Å². The zero-order valence-electron chi connectivity index (χ0n) is 15.6. The molecule has 0 aliphatic rings. The van der Waals surface area contributed by atoms with E-state index in [-0.39, 0.29) is 5.78 Å². The van der Waals surface area contributed by atoms with Crippen LogP contribution in [0.4, 0.5) is 11.4 Å². The molecule has 0 fully saturated rings. The molecule has 0 unspecified atom stereocenters. The fraction of sp³-hybridized carbons (Fsp3) is 0.190. The van der Waals surface area contributed by atoms with Crippen LogP contribution in [0.1, 0.15) is 34.2 Å². The van der Waals surface area contributed by atoms with E-state index in [9.17, 15) is 4.79 Å². The molecule has 0 aliphatic heterocycles. The number of carbonyl (C=O) groups excluding carboxylic acids is 1. The molecular weight excluding hydrogens is 356 g/mol. The second-order valence-corrected chi connectivity index (χ2v) is 6.91. The number of rotatable bonds is 5. The van der Waals surface area contributed by atoms with Crippen molar-refractivity contribution < 1.29 is 4.79 Å². The number of aryl methyl sites for hydroxylation is 2. The van der Waals surface area contributed by atoms with Gasteiger partial charge in [0.15, 0.2) is 10.9 Å². The van der Waals surface area contributed by atoms with Crippen molar-refractivity contribution in [2.24, 2.45) is 0 Å². The molecule has 1 heterocycles. The number of hydrogen-bond donors (Lipinski definition) is 2. The highest BCUT2D eigenvalue weighted by molar-refractivity contribution is 7.80. The highest BCUT2D eigenvalue weighted by Crippen LogP contribution is 2.15. The number of ketones is 1. The van der Waals surface area contributed by atoms with Gasteiger partial charge in [0, 0.05) is 22.6 Å². The first-order chi connectivity index (χ1) is 12.9. The van der Waals surface area contributed by atoms with Crippen molar-refractivity contribution in [3.63, 3.8) is 0 Å². The lowest BCUT2D eigenvalue weighted by Gasteiger charge is -2.12. The van der Waals surface area contributed by atoms with Gasteiger partial charge >= 0.3 is 0 Å². The number of nitrogens with one attached hydrogen (secondary N) is 2. The van der Waals surface area contributed by atoms with Crippen molar-refractivity contribution in [3.05, 3.63) is 77.1 Å². The molecule has 0 saturated heterocycles. The molecule has 3 aromatic rings. The summed E-state index contributed by atoms with van der Waals surface area (Å²) in [5.74, 6) is 0.0226. The maximum atomic E-state index is 11.5. The lowest BCUT2D eigenvalue weighted by molar-refractivity contribution is 0.101. The molecule has 0 radical (unpaired) electrons. The predicted octanol–water partition coefficient (Wildman–Crippen LogP) is 4.56. The molecule has 2 N–H and O–H groups in total. The highest BCUT2D eigenvalue weighted by atomic mass is 32.1. The Kier molecular flexibility index (Phi) is 5.66. The number of aromatic nitrogens is 2. The Morgan fingerprint density at radius 1 is 1.04 bits per heavy atom. The number of benzene rings is 2. The van der Waals surface area contributed by atoms with E-state index in [2.05, 4.69) is 40.9 Å². The van der Waals surface area contributed by atoms with Crippen molar-refractivity contribution in [1.29, 1.82) is 0 Å². The van der Waals surface area contributed by atoms with Gasteiger partial charge in [-0.3, -0.25) is 9.48 Å². The van der Waals surface area contributed by atoms with Crippen LogP contribution in [0.5, 0.6) is 0 Å². The summed E-state index contributed by atoms with van der Waals surface area (Å²) in [7, 11) is 0. The van der Waals surface area contributed by atoms with E-state index in [1.54, 1.807) is 19.1 Å². The molecule has 5 nitrogen and oxygen atoms in total. The molecule has 2 aromatic carbocycles. The standard InChI is InChI=1S/C21H22N4OS/c1-14-10-15(2)25(24-14)13-17-6-4-8-19(11-17)22-21(27)23-20-9-5-7-18(12-20)16(3)26/h4-12H,13H2,1-3H3,(H2,22,23,27). The number of nitrogens with zero attached hydrogens (tertiary/aromatic N) is 2. The SMILES string of the molecule is CC(=O)c1cccc(NC(=S)Nc2cccc(Cn3nc(C)cc3C)c2)c1. The average molecular weight is 379 g/mol. The lowest BCUT2D eigenvalue weighted by Crippen LogP contribution is -2.19. The van der Waals surface area contributed by atoms with Gasteiger partial charge in [-0.15, -0.1) is 0 Å². The summed E-state index contributed by atoms with van der Waals surface area (Å²) in [6, 6.07) is 17.4. The third kappa shape index (κ3) is 5.01. The smallest absolute Gasteiger partial charge is 0.175 e. The molecule has 6 heteroatoms. The Hall–Kier alpha value is -2.99. The van der Waals surface area contributed by atoms with E-state index < -0.39 is 0 Å². The maximum Gasteiger partial charge on any atom is 0.175 e. The third-order valence-corrected chi connectivity index (χ3v) is 4.35. The van der Waals surface area contributed by atoms with Crippen LogP contribution in [0, 0.1) is 13.8 Å². The molecule has 0 saturated carbocycles. The number of thiocarbonyl (C=S) groups is 1. The van der Waals surface area contributed by atoms with Gasteiger partial charge in [0.05, 0.1) is 12.2 Å². The maximum absolute atomic E-state index is 11.5. The first-order valence-corrected chi connectivity index (χ1v) is 9.10. The summed E-state index contributed by atoms with van der Waals surface area (Å²) >= 11 is 5.40. The summed E-state index contributed by atoms with van der Waals surface area (Å²) in [6.07, 6.45) is 0. The first kappa shape index (κ1) is 18.8. The van der Waals surface area contributed by atoms with Crippen LogP contribution >= 0.6 is 12.2 Å². The summed E-state index contributed by atoms with van der Waals surface area (Å²) in [5, 5.41) is 11.3. The van der Waals surface area contributed by atoms with Gasteiger partial charge < -0.3 is 10.6 Å². The largest absolute Gasteiger partial charge is 0.332 e. The normalized spacial score (nSPS) is 10.5. The number of hydrogen-bond acceptors (Lipinski definition) is 3. The monoisotopic (exact) mass is 378 g/mol. The van der Waals surface area contributed by atoms with Crippen LogP contribution < -0.4 is 10.6 Å². The van der Waals surface area contributed by atoms with Gasteiger partial charge in [-0.1, -0.05) is 24.3 Å². The molecule has 0 atom stereocenters. The molecular formula is C21H22N4OS. The Labute approximate surface area is 164 Å². The second kappa shape index (κ2) is 8.14. The van der Waals surface area contributed by atoms with E-state index in [4.69, 9.17) is 12.2 Å². The van der Waals surface area contributed by atoms with E-state index in [1.807, 2.05) is 35.9 Å². The van der Waals surface area contributed by atoms with Gasteiger partial charge in [0.2, 0.25) is 0 Å². The number of carbonyl (C=O) groups is 1. The van der Waals surface area contributed by atoms with Crippen LogP contribution in [-0.4, -0.2) is 20.7 Å². The Morgan fingerprint density at radius 3 is 2.33 bits per heavy atom. The van der Waals surface area contributed by atoms with Crippen molar-refractivity contribution in [2.75, 3.05) is 10.6 Å². The minimum absolute atomic E-state index is 0.0226. The Balaban J connectivity index is 1.67. The highest BCUT2D eigenvalue weighted by Gasteiger charge is 2.05. The van der Waals surface area contributed by atoms with Gasteiger partial charge in [0.25, 0.3) is 0 Å². The van der Waals surface area contributed by atoms with E-state index in [0.29, 0.717) is 17.2 Å². The number of Topliss-reactive ketones (excluding diaryl/α,β-unsaturated/α-hetero) is 1. The summed E-state index contributed by atoms with van der Waals surface area (Å²) < 4.78 is 1.98. The van der Waals surface area contributed by atoms with E-state index >= 15 is 0 Å². The fourth-order valence-electron chi connectivity index (χ4n) is 2.86. The molecule has 3 rings (SSSR count). The molecule has 0 amide bonds. The van der Waals surface area contributed by atoms with Crippen LogP contribution in [0.25, 0.3) is 0 Å². The topological polar surface area (TPSA) is 59.0 Å². The van der Waals surface area contributed by atoms with E-state index in [1.165, 1.54) is 0 Å². The summed E-state index contributed by atoms with van der Waals surface area (Å²) in [5.41, 5.74) is 5.60. The van der Waals surface area contributed by atoms with E-state index in [0.717, 1.165) is 28.3 Å². The fourth-order valence-corrected chi connectivity index (χ4v) is 3.10. The number of anilines is 2. The van der Waals surface area contributed by atoms with Crippen molar-refractivity contribution in [1.82, 2.24) is 9.78 Å². The first-order valence-electron chi connectivity index (χ1n) is 8.70. The summed E-state index contributed by atoms with van der Waals surface area (Å²) in [4.78, 5) is 11.5.